The molecule has 2 aromatic rings. The molecule has 0 amide bonds. The number of ketones is 1. The minimum atomic E-state index is 0.0136. The smallest absolute Gasteiger partial charge is 0.133 e. The molecule has 0 aliphatic heterocycles. The fraction of sp³-hybridized carbons (Fsp3) is 0.278. The van der Waals surface area contributed by atoms with E-state index in [1.54, 1.807) is 0 Å². The molecule has 1 heteroatoms. The predicted molar refractivity (Wildman–Crippen MR) is 77.1 cm³/mol. The highest BCUT2D eigenvalue weighted by atomic mass is 16.1. The van der Waals surface area contributed by atoms with Crippen LogP contribution in [-0.2, 0) is 16.6 Å². The van der Waals surface area contributed by atoms with Crippen LogP contribution >= 0.6 is 0 Å². The lowest BCUT2D eigenvalue weighted by Crippen LogP contribution is -2.25. The summed E-state index contributed by atoms with van der Waals surface area (Å²) in [7, 11) is 0. The molecule has 1 aliphatic rings. The van der Waals surface area contributed by atoms with E-state index < -0.39 is 0 Å². The van der Waals surface area contributed by atoms with Crippen LogP contribution in [0.5, 0.6) is 0 Å². The molecule has 1 nitrogen and oxygen atoms in total. The maximum atomic E-state index is 11.8. The van der Waals surface area contributed by atoms with Gasteiger partial charge in [0.15, 0.2) is 0 Å². The highest BCUT2D eigenvalue weighted by Gasteiger charge is 2.39. The maximum absolute atomic E-state index is 11.8. The quantitative estimate of drug-likeness (QED) is 0.807. The van der Waals surface area contributed by atoms with Crippen molar-refractivity contribution in [3.63, 3.8) is 0 Å². The van der Waals surface area contributed by atoms with Crippen LogP contribution in [0.25, 0.3) is 0 Å². The molecule has 0 saturated heterocycles. The second-order valence-corrected chi connectivity index (χ2v) is 5.52. The van der Waals surface area contributed by atoms with Crippen molar-refractivity contribution >= 4 is 5.78 Å². The zero-order valence-electron chi connectivity index (χ0n) is 11.0. The number of carbonyl (C=O) groups excluding carboxylic acids is 1. The van der Waals surface area contributed by atoms with E-state index in [-0.39, 0.29) is 5.41 Å². The first-order valence-electron chi connectivity index (χ1n) is 6.90. The van der Waals surface area contributed by atoms with Gasteiger partial charge in [0.1, 0.15) is 5.78 Å². The third-order valence-corrected chi connectivity index (χ3v) is 4.19. The molecule has 0 unspecified atom stereocenters. The Morgan fingerprint density at radius 1 is 0.895 bits per heavy atom. The molecule has 19 heavy (non-hydrogen) atoms. The van der Waals surface area contributed by atoms with Gasteiger partial charge in [-0.1, -0.05) is 60.7 Å². The molecule has 96 valence electrons. The predicted octanol–water partition coefficient (Wildman–Crippen LogP) is 3.92. The van der Waals surface area contributed by atoms with Crippen LogP contribution in [0, 0.1) is 0 Å². The summed E-state index contributed by atoms with van der Waals surface area (Å²) in [5.41, 5.74) is 2.64. The van der Waals surface area contributed by atoms with Crippen molar-refractivity contribution in [3.05, 3.63) is 71.8 Å². The Labute approximate surface area is 114 Å². The van der Waals surface area contributed by atoms with E-state index in [2.05, 4.69) is 48.5 Å². The van der Waals surface area contributed by atoms with Crippen LogP contribution in [-0.4, -0.2) is 5.78 Å². The highest BCUT2D eigenvalue weighted by Crippen LogP contribution is 2.41. The summed E-state index contributed by atoms with van der Waals surface area (Å²) in [5, 5.41) is 0. The molecular weight excluding hydrogens is 232 g/mol. The van der Waals surface area contributed by atoms with Crippen LogP contribution in [0.1, 0.15) is 30.4 Å². The molecule has 0 N–H and O–H groups in total. The maximum Gasteiger partial charge on any atom is 0.133 e. The molecule has 3 rings (SSSR count). The van der Waals surface area contributed by atoms with Gasteiger partial charge in [0.05, 0.1) is 0 Å². The van der Waals surface area contributed by atoms with Gasteiger partial charge in [0, 0.05) is 18.3 Å². The average molecular weight is 250 g/mol. The Bertz CT molecular complexity index is 559. The Morgan fingerprint density at radius 3 is 2.11 bits per heavy atom. The van der Waals surface area contributed by atoms with Gasteiger partial charge in [-0.25, -0.2) is 0 Å². The van der Waals surface area contributed by atoms with Gasteiger partial charge in [-0.15, -0.1) is 0 Å². The summed E-state index contributed by atoms with van der Waals surface area (Å²) in [6.45, 7) is 0. The van der Waals surface area contributed by atoms with Crippen molar-refractivity contribution in [1.82, 2.24) is 0 Å². The normalized spacial score (nSPS) is 22.6. The molecule has 2 aromatic carbocycles. The number of benzene rings is 2. The number of Topliss-reactive ketones (excluding diaryl/α,β-unsaturated/α-hetero) is 1. The van der Waals surface area contributed by atoms with Gasteiger partial charge in [-0.3, -0.25) is 4.79 Å². The first kappa shape index (κ1) is 12.2. The minimum absolute atomic E-state index is 0.0136. The van der Waals surface area contributed by atoms with Crippen LogP contribution in [0.2, 0.25) is 0 Å². The standard InChI is InChI=1S/C18H18O/c19-17-11-12-18(14-17,16-9-5-2-6-10-16)13-15-7-3-1-4-8-15/h1-10H,11-14H2/t18-/m1/s1. The van der Waals surface area contributed by atoms with Crippen molar-refractivity contribution in [3.8, 4) is 0 Å². The Balaban J connectivity index is 1.96. The van der Waals surface area contributed by atoms with Crippen molar-refractivity contribution in [2.45, 2.75) is 31.1 Å². The molecule has 1 aliphatic carbocycles. The second-order valence-electron chi connectivity index (χ2n) is 5.52. The molecule has 0 aromatic heterocycles. The number of hydrogen-bond acceptors (Lipinski definition) is 1. The van der Waals surface area contributed by atoms with Gasteiger partial charge >= 0.3 is 0 Å². The number of hydrogen-bond donors (Lipinski definition) is 0. The van der Waals surface area contributed by atoms with E-state index in [1.165, 1.54) is 11.1 Å². The van der Waals surface area contributed by atoms with Crippen molar-refractivity contribution in [2.75, 3.05) is 0 Å². The third-order valence-electron chi connectivity index (χ3n) is 4.19. The van der Waals surface area contributed by atoms with Gasteiger partial charge in [-0.05, 0) is 24.0 Å². The summed E-state index contributed by atoms with van der Waals surface area (Å²) >= 11 is 0. The second kappa shape index (κ2) is 5.00. The Morgan fingerprint density at radius 2 is 1.53 bits per heavy atom. The SMILES string of the molecule is O=C1CC[C@](Cc2ccccc2)(c2ccccc2)C1. The molecule has 0 spiro atoms. The summed E-state index contributed by atoms with van der Waals surface area (Å²) in [6, 6.07) is 21.0. The van der Waals surface area contributed by atoms with Crippen molar-refractivity contribution in [2.24, 2.45) is 0 Å². The molecular formula is C18H18O. The van der Waals surface area contributed by atoms with Crippen LogP contribution in [0.4, 0.5) is 0 Å². The summed E-state index contributed by atoms with van der Waals surface area (Å²) in [5.74, 6) is 0.403. The lowest BCUT2D eigenvalue weighted by Gasteiger charge is -2.29. The first-order valence-corrected chi connectivity index (χ1v) is 6.90. The summed E-state index contributed by atoms with van der Waals surface area (Å²) in [4.78, 5) is 11.8. The van der Waals surface area contributed by atoms with Crippen LogP contribution in [0.3, 0.4) is 0 Å². The largest absolute Gasteiger partial charge is 0.300 e. The lowest BCUT2D eigenvalue weighted by molar-refractivity contribution is -0.117. The zero-order valence-corrected chi connectivity index (χ0v) is 11.0. The van der Waals surface area contributed by atoms with Crippen molar-refractivity contribution in [1.29, 1.82) is 0 Å². The fourth-order valence-corrected chi connectivity index (χ4v) is 3.21. The molecule has 1 saturated carbocycles. The third kappa shape index (κ3) is 2.46. The molecule has 0 bridgehead atoms. The van der Waals surface area contributed by atoms with E-state index in [4.69, 9.17) is 0 Å². The minimum Gasteiger partial charge on any atom is -0.300 e. The molecule has 1 atom stereocenters. The van der Waals surface area contributed by atoms with Gasteiger partial charge in [0.2, 0.25) is 0 Å². The molecule has 0 heterocycles. The van der Waals surface area contributed by atoms with Crippen molar-refractivity contribution < 1.29 is 4.79 Å². The molecule has 0 radical (unpaired) electrons. The van der Waals surface area contributed by atoms with E-state index >= 15 is 0 Å². The Kier molecular flexibility index (Phi) is 3.20. The summed E-state index contributed by atoms with van der Waals surface area (Å²) < 4.78 is 0. The first-order chi connectivity index (χ1) is 9.28. The van der Waals surface area contributed by atoms with Gasteiger partial charge < -0.3 is 0 Å². The fourth-order valence-electron chi connectivity index (χ4n) is 3.21. The van der Waals surface area contributed by atoms with E-state index in [0.29, 0.717) is 12.2 Å². The van der Waals surface area contributed by atoms with Crippen LogP contribution in [0.15, 0.2) is 60.7 Å². The van der Waals surface area contributed by atoms with E-state index in [0.717, 1.165) is 19.3 Å². The van der Waals surface area contributed by atoms with E-state index in [1.807, 2.05) is 12.1 Å². The van der Waals surface area contributed by atoms with Gasteiger partial charge in [-0.2, -0.15) is 0 Å². The zero-order chi connectivity index (χ0) is 13.1. The number of rotatable bonds is 3. The van der Waals surface area contributed by atoms with E-state index in [9.17, 15) is 4.79 Å². The highest BCUT2D eigenvalue weighted by molar-refractivity contribution is 5.83. The van der Waals surface area contributed by atoms with Crippen LogP contribution < -0.4 is 0 Å². The average Bonchev–Trinajstić information content (AvgIpc) is 2.83. The Hall–Kier alpha value is -1.89. The topological polar surface area (TPSA) is 17.1 Å². The summed E-state index contributed by atoms with van der Waals surface area (Å²) in [6.07, 6.45) is 3.35. The lowest BCUT2D eigenvalue weighted by atomic mass is 9.74. The molecule has 1 fully saturated rings. The monoisotopic (exact) mass is 250 g/mol. The number of carbonyl (C=O) groups is 1. The van der Waals surface area contributed by atoms with Gasteiger partial charge in [0.25, 0.3) is 0 Å².